The van der Waals surface area contributed by atoms with Crippen molar-refractivity contribution < 1.29 is 0 Å². The Morgan fingerprint density at radius 2 is 0.841 bits per heavy atom. The molecule has 0 aromatic heterocycles. The van der Waals surface area contributed by atoms with Gasteiger partial charge in [-0.3, -0.25) is 0 Å². The number of hydrogen-bond acceptors (Lipinski definition) is 1. The molecule has 0 fully saturated rings. The van der Waals surface area contributed by atoms with E-state index in [-0.39, 0.29) is 0 Å². The third-order valence-corrected chi connectivity index (χ3v) is 13.6. The van der Waals surface area contributed by atoms with Crippen LogP contribution in [0.25, 0.3) is 62.3 Å². The van der Waals surface area contributed by atoms with E-state index in [4.69, 9.17) is 0 Å². The third-order valence-electron chi connectivity index (χ3n) is 13.6. The van der Waals surface area contributed by atoms with E-state index in [9.17, 15) is 0 Å². The van der Waals surface area contributed by atoms with Gasteiger partial charge in [-0.2, -0.15) is 0 Å². The first-order chi connectivity index (χ1) is 31.1. The molecule has 12 rings (SSSR count). The Hall–Kier alpha value is -7.74. The summed E-state index contributed by atoms with van der Waals surface area (Å²) < 4.78 is 0. The van der Waals surface area contributed by atoms with Crippen molar-refractivity contribution in [2.24, 2.45) is 0 Å². The van der Waals surface area contributed by atoms with Crippen molar-refractivity contribution in [1.29, 1.82) is 0 Å². The fraction of sp³-hybridized carbons (Fsp3) is 0.0645. The molecule has 4 aliphatic rings. The second-order valence-electron chi connectivity index (χ2n) is 17.1. The molecule has 8 aromatic carbocycles. The topological polar surface area (TPSA) is 3.24 Å². The van der Waals surface area contributed by atoms with Crippen LogP contribution in [0.2, 0.25) is 0 Å². The van der Waals surface area contributed by atoms with E-state index in [1.165, 1.54) is 123 Å². The predicted molar refractivity (Wildman–Crippen MR) is 267 cm³/mol. The summed E-state index contributed by atoms with van der Waals surface area (Å²) in [7, 11) is 2.27. The van der Waals surface area contributed by atoms with Gasteiger partial charge in [-0.05, 0) is 138 Å². The lowest BCUT2D eigenvalue weighted by Crippen LogP contribution is -2.15. The Kier molecular flexibility index (Phi) is 8.83. The molecular formula is C62H45N. The van der Waals surface area contributed by atoms with Gasteiger partial charge in [-0.15, -0.1) is 0 Å². The third kappa shape index (κ3) is 5.92. The average Bonchev–Trinajstić information content (AvgIpc) is 4.15. The molecule has 0 heterocycles. The van der Waals surface area contributed by atoms with Crippen LogP contribution < -0.4 is 4.90 Å². The molecule has 298 valence electrons. The van der Waals surface area contributed by atoms with Gasteiger partial charge in [0.2, 0.25) is 0 Å². The van der Waals surface area contributed by atoms with Crippen LogP contribution in [0.15, 0.2) is 206 Å². The maximum absolute atomic E-state index is 2.49. The Labute approximate surface area is 370 Å². The standard InChI is InChI=1S/C62H45N/c1-40-52(43-20-8-3-9-21-43)58(46-26-14-6-15-27-46)62(63(2)51-32-16-7-17-33-51)61-53(40)59-56(49-36-34-41-28-18-30-47(41)38-49)54(44-22-10-4-11-23-44)55(45-24-12-5-13-25-45)60(59)57(61)50-37-35-42-29-19-31-48(42)39-50/h3-27,29-30,32-39H,28,31H2,1-2H3. The van der Waals surface area contributed by atoms with E-state index in [2.05, 4.69) is 231 Å². The Morgan fingerprint density at radius 1 is 0.349 bits per heavy atom. The first-order valence-electron chi connectivity index (χ1n) is 22.2. The molecule has 0 N–H and O–H groups in total. The van der Waals surface area contributed by atoms with Crippen molar-refractivity contribution in [3.05, 3.63) is 267 Å². The second kappa shape index (κ2) is 15.0. The molecular weight excluding hydrogens is 759 g/mol. The SMILES string of the molecule is Cc1c2c(c(N(C)c3ccccc3)c(-c3ccccc3)c1-c1ccccc1)C(c1ccc3c(c1)CC=C3)=C1C(c3ccccc3)=C(c3ccccc3)C(c3ccc4c(c3)C=CC4)=C12. The Bertz CT molecular complexity index is 3290. The van der Waals surface area contributed by atoms with Crippen molar-refractivity contribution >= 4 is 51.4 Å². The van der Waals surface area contributed by atoms with Crippen LogP contribution in [0.5, 0.6) is 0 Å². The summed E-state index contributed by atoms with van der Waals surface area (Å²) in [5.74, 6) is 0. The maximum Gasteiger partial charge on any atom is 0.0580 e. The molecule has 8 aromatic rings. The van der Waals surface area contributed by atoms with Gasteiger partial charge in [0, 0.05) is 29.4 Å². The van der Waals surface area contributed by atoms with Crippen molar-refractivity contribution in [3.8, 4) is 22.3 Å². The second-order valence-corrected chi connectivity index (χ2v) is 17.1. The van der Waals surface area contributed by atoms with Crippen LogP contribution in [0.4, 0.5) is 11.4 Å². The van der Waals surface area contributed by atoms with Gasteiger partial charge in [0.05, 0.1) is 5.69 Å². The highest BCUT2D eigenvalue weighted by Gasteiger charge is 2.44. The summed E-state index contributed by atoms with van der Waals surface area (Å²) in [5, 5.41) is 0. The molecule has 0 bridgehead atoms. The Balaban J connectivity index is 1.34. The molecule has 0 atom stereocenters. The van der Waals surface area contributed by atoms with Crippen LogP contribution in [0.1, 0.15) is 61.2 Å². The van der Waals surface area contributed by atoms with Crippen molar-refractivity contribution in [2.75, 3.05) is 11.9 Å². The van der Waals surface area contributed by atoms with Gasteiger partial charge in [-0.25, -0.2) is 0 Å². The molecule has 0 amide bonds. The minimum Gasteiger partial charge on any atom is -0.344 e. The smallest absolute Gasteiger partial charge is 0.0580 e. The summed E-state index contributed by atoms with van der Waals surface area (Å²) >= 11 is 0. The lowest BCUT2D eigenvalue weighted by atomic mass is 9.79. The summed E-state index contributed by atoms with van der Waals surface area (Å²) in [6.07, 6.45) is 11.1. The lowest BCUT2D eigenvalue weighted by Gasteiger charge is -2.31. The highest BCUT2D eigenvalue weighted by atomic mass is 15.1. The number of benzene rings is 8. The molecule has 1 nitrogen and oxygen atoms in total. The minimum atomic E-state index is 0.934. The highest BCUT2D eigenvalue weighted by molar-refractivity contribution is 6.40. The van der Waals surface area contributed by atoms with E-state index < -0.39 is 0 Å². The quantitative estimate of drug-likeness (QED) is 0.148. The summed E-state index contributed by atoms with van der Waals surface area (Å²) in [4.78, 5) is 2.47. The molecule has 63 heavy (non-hydrogen) atoms. The van der Waals surface area contributed by atoms with Gasteiger partial charge in [0.25, 0.3) is 0 Å². The number of hydrogen-bond donors (Lipinski definition) is 0. The zero-order valence-corrected chi connectivity index (χ0v) is 35.6. The molecule has 4 aliphatic carbocycles. The average molecular weight is 804 g/mol. The van der Waals surface area contributed by atoms with E-state index in [1.807, 2.05) is 0 Å². The van der Waals surface area contributed by atoms with E-state index >= 15 is 0 Å². The molecule has 0 aliphatic heterocycles. The molecule has 0 spiro atoms. The summed E-state index contributed by atoms with van der Waals surface area (Å²) in [6, 6.07) is 69.9. The van der Waals surface area contributed by atoms with Crippen LogP contribution in [0.3, 0.4) is 0 Å². The van der Waals surface area contributed by atoms with E-state index in [0.29, 0.717) is 0 Å². The molecule has 1 heteroatoms. The monoisotopic (exact) mass is 803 g/mol. The number of para-hydroxylation sites is 1. The first-order valence-corrected chi connectivity index (χ1v) is 22.2. The van der Waals surface area contributed by atoms with Crippen LogP contribution in [-0.4, -0.2) is 7.05 Å². The number of allylic oxidation sites excluding steroid dienone is 7. The van der Waals surface area contributed by atoms with Gasteiger partial charge in [-0.1, -0.05) is 194 Å². The van der Waals surface area contributed by atoms with Gasteiger partial charge >= 0.3 is 0 Å². The fourth-order valence-electron chi connectivity index (χ4n) is 10.8. The van der Waals surface area contributed by atoms with Crippen molar-refractivity contribution in [3.63, 3.8) is 0 Å². The van der Waals surface area contributed by atoms with Crippen LogP contribution in [0, 0.1) is 6.92 Å². The Morgan fingerprint density at radius 3 is 1.48 bits per heavy atom. The van der Waals surface area contributed by atoms with Gasteiger partial charge in [0.1, 0.15) is 0 Å². The first kappa shape index (κ1) is 37.1. The zero-order valence-electron chi connectivity index (χ0n) is 35.6. The molecule has 0 unspecified atom stereocenters. The van der Waals surface area contributed by atoms with E-state index in [1.54, 1.807) is 0 Å². The summed E-state index contributed by atoms with van der Waals surface area (Å²) in [5.41, 5.74) is 29.2. The predicted octanol–water partition coefficient (Wildman–Crippen LogP) is 15.6. The van der Waals surface area contributed by atoms with E-state index in [0.717, 1.165) is 18.5 Å². The molecule has 0 saturated carbocycles. The summed E-state index contributed by atoms with van der Waals surface area (Å²) in [6.45, 7) is 2.39. The largest absolute Gasteiger partial charge is 0.344 e. The van der Waals surface area contributed by atoms with Gasteiger partial charge in [0.15, 0.2) is 0 Å². The minimum absolute atomic E-state index is 0.934. The van der Waals surface area contributed by atoms with Crippen molar-refractivity contribution in [1.82, 2.24) is 0 Å². The lowest BCUT2D eigenvalue weighted by molar-refractivity contribution is 1.19. The van der Waals surface area contributed by atoms with Crippen molar-refractivity contribution in [2.45, 2.75) is 19.8 Å². The number of fused-ring (bicyclic) bond motifs is 5. The van der Waals surface area contributed by atoms with Crippen LogP contribution >= 0.6 is 0 Å². The zero-order chi connectivity index (χ0) is 42.0. The maximum atomic E-state index is 2.49. The molecule has 0 saturated heterocycles. The fourth-order valence-corrected chi connectivity index (χ4v) is 10.8. The number of nitrogens with zero attached hydrogens (tertiary/aromatic N) is 1. The van der Waals surface area contributed by atoms with Crippen LogP contribution in [-0.2, 0) is 12.8 Å². The van der Waals surface area contributed by atoms with Gasteiger partial charge < -0.3 is 4.90 Å². The highest BCUT2D eigenvalue weighted by Crippen LogP contribution is 2.66. The normalized spacial score (nSPS) is 14.4. The number of rotatable bonds is 8. The molecule has 0 radical (unpaired) electrons. The number of anilines is 2.